The Morgan fingerprint density at radius 3 is 2.17 bits per heavy atom. The van der Waals surface area contributed by atoms with Crippen LogP contribution in [-0.4, -0.2) is 23.5 Å². The predicted molar refractivity (Wildman–Crippen MR) is 63.1 cm³/mol. The van der Waals surface area contributed by atoms with Gasteiger partial charge < -0.3 is 0 Å². The second-order valence-corrected chi connectivity index (χ2v) is 4.62. The van der Waals surface area contributed by atoms with Crippen molar-refractivity contribution in [1.29, 1.82) is 0 Å². The van der Waals surface area contributed by atoms with E-state index in [1.165, 1.54) is 0 Å². The molecule has 1 heterocycles. The highest BCUT2D eigenvalue weighted by Crippen LogP contribution is 2.14. The number of aromatic nitrogens is 2. The maximum atomic E-state index is 10.7. The Morgan fingerprint density at radius 1 is 1.28 bits per heavy atom. The topological polar surface area (TPSA) is 132 Å². The number of nitro benzene ring substituents is 1. The number of H-pyrrole nitrogens is 1. The van der Waals surface area contributed by atoms with Gasteiger partial charge in [0.25, 0.3) is 5.69 Å². The fourth-order valence-electron chi connectivity index (χ4n) is 0.973. The number of nitrogens with zero attached hydrogens (tertiary/aromatic N) is 2. The summed E-state index contributed by atoms with van der Waals surface area (Å²) in [4.78, 5) is 9.43. The Labute approximate surface area is 103 Å². The van der Waals surface area contributed by atoms with Gasteiger partial charge in [-0.1, -0.05) is 0 Å². The number of nitrogens with one attached hydrogen (secondary N) is 1. The smallest absolute Gasteiger partial charge is 0.269 e. The summed E-state index contributed by atoms with van der Waals surface area (Å²) in [5.74, 6) is 0. The van der Waals surface area contributed by atoms with E-state index in [-0.39, 0.29) is 10.6 Å². The third kappa shape index (κ3) is 4.31. The minimum absolute atomic E-state index is 0.141. The maximum Gasteiger partial charge on any atom is 0.269 e. The number of non-ortho nitro benzene ring substituents is 1. The summed E-state index contributed by atoms with van der Waals surface area (Å²) in [6, 6.07) is 6.18. The highest BCUT2D eigenvalue weighted by molar-refractivity contribution is 7.89. The molecule has 0 fully saturated rings. The van der Waals surface area contributed by atoms with Crippen molar-refractivity contribution < 1.29 is 13.3 Å². The molecule has 1 aromatic heterocycles. The summed E-state index contributed by atoms with van der Waals surface area (Å²) in [7, 11) is -3.77. The first-order valence-electron chi connectivity index (χ1n) is 4.62. The Balaban J connectivity index is 0.000000269. The minimum Gasteiger partial charge on any atom is -0.286 e. The molecule has 18 heavy (non-hydrogen) atoms. The lowest BCUT2D eigenvalue weighted by Crippen LogP contribution is -2.11. The van der Waals surface area contributed by atoms with E-state index in [2.05, 4.69) is 10.2 Å². The molecule has 9 heteroatoms. The van der Waals surface area contributed by atoms with Gasteiger partial charge in [-0.05, 0) is 18.2 Å². The van der Waals surface area contributed by atoms with Crippen molar-refractivity contribution in [2.45, 2.75) is 4.90 Å². The van der Waals surface area contributed by atoms with Crippen LogP contribution in [0.5, 0.6) is 0 Å². The van der Waals surface area contributed by atoms with Gasteiger partial charge >= 0.3 is 0 Å². The molecule has 0 aliphatic rings. The second-order valence-electron chi connectivity index (χ2n) is 3.06. The van der Waals surface area contributed by atoms with Crippen molar-refractivity contribution in [3.8, 4) is 0 Å². The zero-order chi connectivity index (χ0) is 13.6. The van der Waals surface area contributed by atoms with Crippen molar-refractivity contribution in [3.63, 3.8) is 0 Å². The molecule has 1 aromatic carbocycles. The highest BCUT2D eigenvalue weighted by Gasteiger charge is 2.10. The Hall–Kier alpha value is -2.26. The van der Waals surface area contributed by atoms with Crippen LogP contribution in [0.3, 0.4) is 0 Å². The van der Waals surface area contributed by atoms with Crippen LogP contribution in [0.25, 0.3) is 0 Å². The second kappa shape index (κ2) is 5.89. The molecular weight excluding hydrogens is 260 g/mol. The van der Waals surface area contributed by atoms with Gasteiger partial charge in [0, 0.05) is 24.5 Å². The summed E-state index contributed by atoms with van der Waals surface area (Å²) in [6.07, 6.45) is 3.46. The molecule has 0 saturated heterocycles. The Bertz CT molecular complexity index is 575. The van der Waals surface area contributed by atoms with Gasteiger partial charge in [0.05, 0.1) is 9.82 Å². The average molecular weight is 270 g/mol. The van der Waals surface area contributed by atoms with E-state index >= 15 is 0 Å². The maximum absolute atomic E-state index is 10.7. The molecule has 0 amide bonds. The fraction of sp³-hybridized carbons (Fsp3) is 0. The van der Waals surface area contributed by atoms with Crippen LogP contribution in [-0.2, 0) is 10.0 Å². The van der Waals surface area contributed by atoms with Gasteiger partial charge in [-0.15, -0.1) is 0 Å². The lowest BCUT2D eigenvalue weighted by Gasteiger charge is -1.95. The number of benzene rings is 1. The number of hydrogen-bond acceptors (Lipinski definition) is 5. The number of aromatic amines is 1. The largest absolute Gasteiger partial charge is 0.286 e. The lowest BCUT2D eigenvalue weighted by atomic mass is 10.3. The molecule has 3 N–H and O–H groups in total. The highest BCUT2D eigenvalue weighted by atomic mass is 32.2. The van der Waals surface area contributed by atoms with E-state index in [0.29, 0.717) is 0 Å². The third-order valence-electron chi connectivity index (χ3n) is 1.78. The number of sulfonamides is 1. The number of rotatable bonds is 2. The number of nitro groups is 1. The van der Waals surface area contributed by atoms with Crippen LogP contribution >= 0.6 is 0 Å². The summed E-state index contributed by atoms with van der Waals surface area (Å²) in [5.41, 5.74) is -0.174. The van der Waals surface area contributed by atoms with Crippen LogP contribution in [0.4, 0.5) is 5.69 Å². The van der Waals surface area contributed by atoms with Crippen LogP contribution < -0.4 is 5.14 Å². The zero-order valence-electron chi connectivity index (χ0n) is 9.05. The van der Waals surface area contributed by atoms with Crippen molar-refractivity contribution in [2.24, 2.45) is 5.14 Å². The van der Waals surface area contributed by atoms with Crippen molar-refractivity contribution in [3.05, 3.63) is 52.8 Å². The van der Waals surface area contributed by atoms with E-state index in [9.17, 15) is 18.5 Å². The van der Waals surface area contributed by atoms with Gasteiger partial charge in [0.2, 0.25) is 10.0 Å². The molecule has 0 spiro atoms. The molecule has 0 radical (unpaired) electrons. The molecule has 96 valence electrons. The molecule has 0 aliphatic heterocycles. The van der Waals surface area contributed by atoms with E-state index in [1.54, 1.807) is 12.4 Å². The normalized spacial score (nSPS) is 10.3. The summed E-state index contributed by atoms with van der Waals surface area (Å²) in [6.45, 7) is 0. The number of primary sulfonamides is 1. The fourth-order valence-corrected chi connectivity index (χ4v) is 1.49. The summed E-state index contributed by atoms with van der Waals surface area (Å²) >= 11 is 0. The molecule has 0 aliphatic carbocycles. The standard InChI is InChI=1S/C6H6N2O4S.C3H4N2/c7-13(11,12)6-3-1-5(2-4-6)8(9)10;1-2-4-5-3-1/h1-4H,(H2,7,11,12);1-3H,(H,4,5). The molecule has 0 atom stereocenters. The number of hydrogen-bond donors (Lipinski definition) is 2. The van der Waals surface area contributed by atoms with Gasteiger partial charge in [-0.2, -0.15) is 5.10 Å². The summed E-state index contributed by atoms with van der Waals surface area (Å²) < 4.78 is 21.4. The first-order chi connectivity index (χ1) is 8.41. The van der Waals surface area contributed by atoms with Crippen LogP contribution in [0.1, 0.15) is 0 Å². The number of nitrogens with two attached hydrogens (primary N) is 1. The van der Waals surface area contributed by atoms with Gasteiger partial charge in [-0.25, -0.2) is 13.6 Å². The molecule has 2 aromatic rings. The molecular formula is C9H10N4O4S. The molecule has 2 rings (SSSR count). The Morgan fingerprint density at radius 2 is 1.89 bits per heavy atom. The molecule has 0 bridgehead atoms. The summed E-state index contributed by atoms with van der Waals surface area (Å²) in [5, 5.41) is 21.2. The first kappa shape index (κ1) is 13.8. The zero-order valence-corrected chi connectivity index (χ0v) is 9.87. The van der Waals surface area contributed by atoms with E-state index in [0.717, 1.165) is 24.3 Å². The molecule has 0 saturated carbocycles. The quantitative estimate of drug-likeness (QED) is 0.610. The SMILES string of the molecule is NS(=O)(=O)c1ccc([N+](=O)[O-])cc1.c1cn[nH]c1. The van der Waals surface area contributed by atoms with E-state index in [1.807, 2.05) is 6.07 Å². The van der Waals surface area contributed by atoms with Crippen LogP contribution in [0, 0.1) is 10.1 Å². The monoisotopic (exact) mass is 270 g/mol. The van der Waals surface area contributed by atoms with Crippen LogP contribution in [0.2, 0.25) is 0 Å². The van der Waals surface area contributed by atoms with E-state index in [4.69, 9.17) is 5.14 Å². The molecule has 0 unspecified atom stereocenters. The predicted octanol–water partition coefficient (Wildman–Crippen LogP) is 0.652. The Kier molecular flexibility index (Phi) is 4.52. The van der Waals surface area contributed by atoms with Crippen LogP contribution in [0.15, 0.2) is 47.6 Å². The van der Waals surface area contributed by atoms with E-state index < -0.39 is 14.9 Å². The molecule has 8 nitrogen and oxygen atoms in total. The average Bonchev–Trinajstić information content (AvgIpc) is 2.86. The lowest BCUT2D eigenvalue weighted by molar-refractivity contribution is -0.384. The minimum atomic E-state index is -3.77. The van der Waals surface area contributed by atoms with Crippen molar-refractivity contribution in [2.75, 3.05) is 0 Å². The third-order valence-corrected chi connectivity index (χ3v) is 2.71. The van der Waals surface area contributed by atoms with Gasteiger partial charge in [0.1, 0.15) is 0 Å². The van der Waals surface area contributed by atoms with Crippen molar-refractivity contribution in [1.82, 2.24) is 10.2 Å². The van der Waals surface area contributed by atoms with Gasteiger partial charge in [-0.3, -0.25) is 15.2 Å². The van der Waals surface area contributed by atoms with Gasteiger partial charge in [0.15, 0.2) is 0 Å². The van der Waals surface area contributed by atoms with Crippen molar-refractivity contribution >= 4 is 15.7 Å². The first-order valence-corrected chi connectivity index (χ1v) is 6.17.